The smallest absolute Gasteiger partial charge is 0.150 e. The van der Waals surface area contributed by atoms with Gasteiger partial charge in [0.15, 0.2) is 9.84 Å². The van der Waals surface area contributed by atoms with Crippen molar-refractivity contribution in [1.29, 1.82) is 0 Å². The maximum Gasteiger partial charge on any atom is 0.150 e. The molecule has 1 aromatic carbocycles. The molecule has 0 aliphatic heterocycles. The highest BCUT2D eigenvalue weighted by Gasteiger charge is 2.03. The Morgan fingerprint density at radius 2 is 1.89 bits per heavy atom. The molecule has 102 valence electrons. The Morgan fingerprint density at radius 3 is 2.39 bits per heavy atom. The summed E-state index contributed by atoms with van der Waals surface area (Å²) in [5, 5.41) is 9.18. The van der Waals surface area contributed by atoms with Gasteiger partial charge in [-0.15, -0.1) is 0 Å². The predicted octanol–water partition coefficient (Wildman–Crippen LogP) is 1.42. The number of ether oxygens (including phenoxy) is 1. The van der Waals surface area contributed by atoms with Crippen LogP contribution in [0.3, 0.4) is 0 Å². The van der Waals surface area contributed by atoms with Gasteiger partial charge >= 0.3 is 0 Å². The Morgan fingerprint density at radius 1 is 1.28 bits per heavy atom. The summed E-state index contributed by atoms with van der Waals surface area (Å²) in [4.78, 5) is 0. The van der Waals surface area contributed by atoms with Crippen molar-refractivity contribution in [2.24, 2.45) is 0 Å². The van der Waals surface area contributed by atoms with Crippen molar-refractivity contribution in [3.63, 3.8) is 0 Å². The van der Waals surface area contributed by atoms with Crippen LogP contribution in [-0.2, 0) is 16.3 Å². The van der Waals surface area contributed by atoms with Gasteiger partial charge in [-0.05, 0) is 37.5 Å². The average Bonchev–Trinajstić information content (AvgIpc) is 2.26. The number of benzene rings is 1. The number of aryl methyl sites for hydroxylation is 1. The van der Waals surface area contributed by atoms with Crippen molar-refractivity contribution in [1.82, 2.24) is 0 Å². The summed E-state index contributed by atoms with van der Waals surface area (Å²) in [7, 11) is -2.97. The van der Waals surface area contributed by atoms with Gasteiger partial charge in [0, 0.05) is 6.26 Å². The second-order valence-electron chi connectivity index (χ2n) is 4.51. The van der Waals surface area contributed by atoms with Gasteiger partial charge in [-0.1, -0.05) is 12.1 Å². The zero-order valence-electron chi connectivity index (χ0n) is 10.8. The van der Waals surface area contributed by atoms with Crippen LogP contribution in [0.15, 0.2) is 24.3 Å². The number of aliphatic hydroxyl groups is 1. The molecule has 4 nitrogen and oxygen atoms in total. The topological polar surface area (TPSA) is 63.6 Å². The van der Waals surface area contributed by atoms with E-state index in [1.165, 1.54) is 6.26 Å². The molecule has 0 heterocycles. The lowest BCUT2D eigenvalue weighted by atomic mass is 10.1. The lowest BCUT2D eigenvalue weighted by molar-refractivity contribution is 0.185. The van der Waals surface area contributed by atoms with Crippen molar-refractivity contribution in [2.45, 2.75) is 25.9 Å². The van der Waals surface area contributed by atoms with Crippen LogP contribution in [-0.4, -0.2) is 38.2 Å². The zero-order chi connectivity index (χ0) is 13.6. The minimum Gasteiger partial charge on any atom is -0.493 e. The van der Waals surface area contributed by atoms with Crippen LogP contribution >= 0.6 is 0 Å². The van der Waals surface area contributed by atoms with E-state index in [4.69, 9.17) is 4.74 Å². The highest BCUT2D eigenvalue weighted by molar-refractivity contribution is 7.90. The number of sulfone groups is 1. The molecule has 0 aliphatic rings. The summed E-state index contributed by atoms with van der Waals surface area (Å²) in [5.41, 5.74) is 1.13. The highest BCUT2D eigenvalue weighted by Crippen LogP contribution is 2.14. The first-order valence-corrected chi connectivity index (χ1v) is 8.00. The first kappa shape index (κ1) is 15.0. The zero-order valence-corrected chi connectivity index (χ0v) is 11.6. The normalized spacial score (nSPS) is 13.3. The molecule has 0 saturated heterocycles. The van der Waals surface area contributed by atoms with Gasteiger partial charge in [-0.25, -0.2) is 8.42 Å². The number of aliphatic hydroxyl groups excluding tert-OH is 1. The molecule has 0 fully saturated rings. The standard InChI is InChI=1S/C13H20O4S/c1-11(14)3-4-12-5-7-13(8-6-12)17-9-10-18(2,15)16/h5-8,11,14H,3-4,9-10H2,1-2H3. The minimum atomic E-state index is -2.97. The van der Waals surface area contributed by atoms with Gasteiger partial charge in [-0.2, -0.15) is 0 Å². The summed E-state index contributed by atoms with van der Waals surface area (Å²) in [5.74, 6) is 0.691. The van der Waals surface area contributed by atoms with E-state index in [0.29, 0.717) is 5.75 Å². The van der Waals surface area contributed by atoms with Gasteiger partial charge in [0.05, 0.1) is 11.9 Å². The predicted molar refractivity (Wildman–Crippen MR) is 71.6 cm³/mol. The van der Waals surface area contributed by atoms with E-state index in [1.807, 2.05) is 24.3 Å². The fourth-order valence-electron chi connectivity index (χ4n) is 1.44. The lowest BCUT2D eigenvalue weighted by Gasteiger charge is -2.07. The second kappa shape index (κ2) is 6.75. The number of hydrogen-bond donors (Lipinski definition) is 1. The molecular formula is C13H20O4S. The van der Waals surface area contributed by atoms with E-state index in [9.17, 15) is 13.5 Å². The van der Waals surface area contributed by atoms with Crippen LogP contribution in [0, 0.1) is 0 Å². The number of hydrogen-bond acceptors (Lipinski definition) is 4. The molecule has 0 amide bonds. The molecule has 1 atom stereocenters. The number of rotatable bonds is 7. The third-order valence-corrected chi connectivity index (χ3v) is 3.41. The maximum atomic E-state index is 10.9. The van der Waals surface area contributed by atoms with Crippen molar-refractivity contribution < 1.29 is 18.3 Å². The Hall–Kier alpha value is -1.07. The third-order valence-electron chi connectivity index (χ3n) is 2.50. The molecular weight excluding hydrogens is 252 g/mol. The Kier molecular flexibility index (Phi) is 5.62. The molecule has 1 N–H and O–H groups in total. The summed E-state index contributed by atoms with van der Waals surface area (Å²) < 4.78 is 27.2. The molecule has 0 bridgehead atoms. The summed E-state index contributed by atoms with van der Waals surface area (Å²) in [6.45, 7) is 1.94. The first-order chi connectivity index (χ1) is 8.37. The van der Waals surface area contributed by atoms with Crippen molar-refractivity contribution in [3.05, 3.63) is 29.8 Å². The average molecular weight is 272 g/mol. The third kappa shape index (κ3) is 6.61. The summed E-state index contributed by atoms with van der Waals surface area (Å²) >= 11 is 0. The van der Waals surface area contributed by atoms with Gasteiger partial charge < -0.3 is 9.84 Å². The quantitative estimate of drug-likeness (QED) is 0.815. The minimum absolute atomic E-state index is 0.0246. The van der Waals surface area contributed by atoms with Crippen LogP contribution in [0.25, 0.3) is 0 Å². The lowest BCUT2D eigenvalue weighted by Crippen LogP contribution is -2.12. The summed E-state index contributed by atoms with van der Waals surface area (Å²) in [6.07, 6.45) is 2.45. The van der Waals surface area contributed by atoms with Crippen LogP contribution in [0.4, 0.5) is 0 Å². The molecule has 5 heteroatoms. The molecule has 18 heavy (non-hydrogen) atoms. The van der Waals surface area contributed by atoms with Crippen LogP contribution < -0.4 is 4.74 Å². The molecule has 0 aromatic heterocycles. The van der Waals surface area contributed by atoms with Crippen molar-refractivity contribution >= 4 is 9.84 Å². The molecule has 0 radical (unpaired) electrons. The van der Waals surface area contributed by atoms with Gasteiger partial charge in [-0.3, -0.25) is 0 Å². The Labute approximate surface area is 109 Å². The van der Waals surface area contributed by atoms with E-state index in [2.05, 4.69) is 0 Å². The van der Waals surface area contributed by atoms with Gasteiger partial charge in [0.25, 0.3) is 0 Å². The highest BCUT2D eigenvalue weighted by atomic mass is 32.2. The van der Waals surface area contributed by atoms with E-state index in [1.54, 1.807) is 6.92 Å². The molecule has 1 rings (SSSR count). The molecule has 1 aromatic rings. The van der Waals surface area contributed by atoms with E-state index < -0.39 is 9.84 Å². The van der Waals surface area contributed by atoms with Crippen LogP contribution in [0.5, 0.6) is 5.75 Å². The largest absolute Gasteiger partial charge is 0.493 e. The molecule has 0 spiro atoms. The fraction of sp³-hybridized carbons (Fsp3) is 0.538. The Bertz CT molecular complexity index is 448. The molecule has 0 saturated carbocycles. The fourth-order valence-corrected chi connectivity index (χ4v) is 1.82. The second-order valence-corrected chi connectivity index (χ2v) is 6.77. The van der Waals surface area contributed by atoms with E-state index >= 15 is 0 Å². The van der Waals surface area contributed by atoms with Crippen LogP contribution in [0.1, 0.15) is 18.9 Å². The van der Waals surface area contributed by atoms with Crippen molar-refractivity contribution in [2.75, 3.05) is 18.6 Å². The SMILES string of the molecule is CC(O)CCc1ccc(OCCS(C)(=O)=O)cc1. The van der Waals surface area contributed by atoms with E-state index in [0.717, 1.165) is 18.4 Å². The monoisotopic (exact) mass is 272 g/mol. The van der Waals surface area contributed by atoms with Gasteiger partial charge in [0.2, 0.25) is 0 Å². The Balaban J connectivity index is 2.40. The summed E-state index contributed by atoms with van der Waals surface area (Å²) in [6, 6.07) is 7.50. The first-order valence-electron chi connectivity index (χ1n) is 5.94. The van der Waals surface area contributed by atoms with E-state index in [-0.39, 0.29) is 18.5 Å². The van der Waals surface area contributed by atoms with Gasteiger partial charge in [0.1, 0.15) is 12.4 Å². The van der Waals surface area contributed by atoms with Crippen LogP contribution in [0.2, 0.25) is 0 Å². The molecule has 0 aliphatic carbocycles. The van der Waals surface area contributed by atoms with Crippen molar-refractivity contribution in [3.8, 4) is 5.75 Å². The maximum absolute atomic E-state index is 10.9. The molecule has 1 unspecified atom stereocenters.